The Morgan fingerprint density at radius 2 is 1.74 bits per heavy atom. The van der Waals surface area contributed by atoms with Crippen molar-refractivity contribution in [1.82, 2.24) is 24.6 Å². The molecular formula is C25H39N5O4S. The van der Waals surface area contributed by atoms with Crippen molar-refractivity contribution in [3.8, 4) is 0 Å². The SMILES string of the molecule is O=C(NC1C[C@H]2CC[C@@H](C1)N2S(=O)(=O)CCN1CCC(N2CCCCC2)C1)c1cc(C2CC2)on1. The molecule has 1 aromatic heterocycles. The molecule has 9 nitrogen and oxygen atoms in total. The number of sulfonamides is 1. The van der Waals surface area contributed by atoms with E-state index in [9.17, 15) is 13.2 Å². The number of aromatic nitrogens is 1. The average Bonchev–Trinajstić information content (AvgIpc) is 3.27. The maximum Gasteiger partial charge on any atom is 0.273 e. The number of hydrogen-bond donors (Lipinski definition) is 1. The first-order valence-corrected chi connectivity index (χ1v) is 15.3. The number of amides is 1. The lowest BCUT2D eigenvalue weighted by Crippen LogP contribution is -2.53. The van der Waals surface area contributed by atoms with Gasteiger partial charge in [-0.25, -0.2) is 8.42 Å². The number of fused-ring (bicyclic) bond motifs is 2. The molecular weight excluding hydrogens is 466 g/mol. The van der Waals surface area contributed by atoms with Gasteiger partial charge in [0.2, 0.25) is 10.0 Å². The normalized spacial score (nSPS) is 32.8. The Bertz CT molecular complexity index is 1000. The number of carbonyl (C=O) groups excluding carboxylic acids is 1. The van der Waals surface area contributed by atoms with Gasteiger partial charge in [0.1, 0.15) is 5.76 Å². The molecule has 5 heterocycles. The fraction of sp³-hybridized carbons (Fsp3) is 0.840. The van der Waals surface area contributed by atoms with Crippen molar-refractivity contribution in [3.63, 3.8) is 0 Å². The fourth-order valence-electron chi connectivity index (χ4n) is 6.87. The molecule has 5 fully saturated rings. The van der Waals surface area contributed by atoms with Gasteiger partial charge < -0.3 is 14.7 Å². The number of piperidine rings is 2. The number of nitrogens with zero attached hydrogens (tertiary/aromatic N) is 4. The Kier molecular flexibility index (Phi) is 6.66. The monoisotopic (exact) mass is 505 g/mol. The lowest BCUT2D eigenvalue weighted by atomic mass is 9.99. The van der Waals surface area contributed by atoms with E-state index in [4.69, 9.17) is 4.52 Å². The molecule has 2 unspecified atom stereocenters. The number of hydrogen-bond acceptors (Lipinski definition) is 7. The predicted octanol–water partition coefficient (Wildman–Crippen LogP) is 2.17. The van der Waals surface area contributed by atoms with E-state index in [1.54, 1.807) is 10.4 Å². The molecule has 1 amide bonds. The molecule has 35 heavy (non-hydrogen) atoms. The first kappa shape index (κ1) is 23.9. The first-order valence-electron chi connectivity index (χ1n) is 13.7. The van der Waals surface area contributed by atoms with Gasteiger partial charge in [-0.1, -0.05) is 11.6 Å². The van der Waals surface area contributed by atoms with Crippen molar-refractivity contribution < 1.29 is 17.7 Å². The minimum Gasteiger partial charge on any atom is -0.360 e. The molecule has 0 spiro atoms. The summed E-state index contributed by atoms with van der Waals surface area (Å²) in [7, 11) is -3.31. The van der Waals surface area contributed by atoms with Gasteiger partial charge in [-0.3, -0.25) is 9.69 Å². The third kappa shape index (κ3) is 5.17. The van der Waals surface area contributed by atoms with E-state index in [2.05, 4.69) is 20.3 Å². The van der Waals surface area contributed by atoms with Gasteiger partial charge in [-0.15, -0.1) is 0 Å². The van der Waals surface area contributed by atoms with Crippen LogP contribution in [-0.2, 0) is 10.0 Å². The Morgan fingerprint density at radius 1 is 1.00 bits per heavy atom. The zero-order valence-corrected chi connectivity index (χ0v) is 21.4. The first-order chi connectivity index (χ1) is 17.0. The Labute approximate surface area is 208 Å². The van der Waals surface area contributed by atoms with Gasteiger partial charge in [-0.05, 0) is 77.4 Å². The van der Waals surface area contributed by atoms with E-state index in [-0.39, 0.29) is 29.8 Å². The predicted molar refractivity (Wildman–Crippen MR) is 132 cm³/mol. The van der Waals surface area contributed by atoms with Crippen LogP contribution in [-0.4, -0.2) is 96.2 Å². The molecule has 1 aromatic rings. The molecule has 2 bridgehead atoms. The molecule has 6 rings (SSSR count). The van der Waals surface area contributed by atoms with Crippen molar-refractivity contribution in [3.05, 3.63) is 17.5 Å². The average molecular weight is 506 g/mol. The highest BCUT2D eigenvalue weighted by Crippen LogP contribution is 2.40. The van der Waals surface area contributed by atoms with Gasteiger partial charge in [-0.2, -0.15) is 4.31 Å². The maximum absolute atomic E-state index is 13.4. The molecule has 4 aliphatic heterocycles. The second-order valence-electron chi connectivity index (χ2n) is 11.4. The van der Waals surface area contributed by atoms with Gasteiger partial charge in [0.05, 0.1) is 5.75 Å². The molecule has 4 atom stereocenters. The summed E-state index contributed by atoms with van der Waals surface area (Å²) in [5.74, 6) is 1.21. The van der Waals surface area contributed by atoms with Gasteiger partial charge in [0.25, 0.3) is 5.91 Å². The number of nitrogens with one attached hydrogen (secondary N) is 1. The van der Waals surface area contributed by atoms with Crippen LogP contribution in [0.2, 0.25) is 0 Å². The van der Waals surface area contributed by atoms with Gasteiger partial charge in [0, 0.05) is 49.2 Å². The number of likely N-dealkylation sites (tertiary alicyclic amines) is 2. The third-order valence-corrected chi connectivity index (χ3v) is 10.8. The zero-order valence-electron chi connectivity index (χ0n) is 20.6. The van der Waals surface area contributed by atoms with Gasteiger partial charge in [0.15, 0.2) is 5.69 Å². The molecule has 0 aromatic carbocycles. The largest absolute Gasteiger partial charge is 0.360 e. The minimum absolute atomic E-state index is 0.0111. The molecule has 10 heteroatoms. The van der Waals surface area contributed by atoms with Gasteiger partial charge >= 0.3 is 0 Å². The summed E-state index contributed by atoms with van der Waals surface area (Å²) in [6.45, 7) is 5.02. The highest BCUT2D eigenvalue weighted by atomic mass is 32.2. The van der Waals surface area contributed by atoms with Crippen molar-refractivity contribution in [2.75, 3.05) is 38.5 Å². The van der Waals surface area contributed by atoms with Crippen LogP contribution in [0.1, 0.15) is 86.4 Å². The van der Waals surface area contributed by atoms with Crippen molar-refractivity contribution in [2.24, 2.45) is 0 Å². The van der Waals surface area contributed by atoms with Crippen LogP contribution in [0.4, 0.5) is 0 Å². The van der Waals surface area contributed by atoms with Crippen LogP contribution < -0.4 is 5.32 Å². The second-order valence-corrected chi connectivity index (χ2v) is 13.4. The van der Waals surface area contributed by atoms with Crippen molar-refractivity contribution in [1.29, 1.82) is 0 Å². The summed E-state index contributed by atoms with van der Waals surface area (Å²) in [4.78, 5) is 17.7. The highest BCUT2D eigenvalue weighted by Gasteiger charge is 2.47. The fourth-order valence-corrected chi connectivity index (χ4v) is 8.86. The Morgan fingerprint density at radius 3 is 2.46 bits per heavy atom. The molecule has 4 saturated heterocycles. The lowest BCUT2D eigenvalue weighted by molar-refractivity contribution is 0.0900. The van der Waals surface area contributed by atoms with E-state index in [0.29, 0.717) is 37.0 Å². The van der Waals surface area contributed by atoms with E-state index < -0.39 is 10.0 Å². The molecule has 1 aliphatic carbocycles. The van der Waals surface area contributed by atoms with Crippen LogP contribution >= 0.6 is 0 Å². The van der Waals surface area contributed by atoms with Crippen molar-refractivity contribution >= 4 is 15.9 Å². The lowest BCUT2D eigenvalue weighted by Gasteiger charge is -2.38. The molecule has 1 saturated carbocycles. The molecule has 194 valence electrons. The van der Waals surface area contributed by atoms with Crippen LogP contribution in [0.15, 0.2) is 10.6 Å². The minimum atomic E-state index is -3.31. The smallest absolute Gasteiger partial charge is 0.273 e. The van der Waals surface area contributed by atoms with E-state index in [1.807, 2.05) is 0 Å². The topological polar surface area (TPSA) is 99.0 Å². The van der Waals surface area contributed by atoms with E-state index in [0.717, 1.165) is 51.0 Å². The molecule has 1 N–H and O–H groups in total. The highest BCUT2D eigenvalue weighted by molar-refractivity contribution is 7.89. The summed E-state index contributed by atoms with van der Waals surface area (Å²) in [6.07, 6.45) is 10.4. The summed E-state index contributed by atoms with van der Waals surface area (Å²) in [5, 5.41) is 7.04. The third-order valence-electron chi connectivity index (χ3n) is 8.88. The summed E-state index contributed by atoms with van der Waals surface area (Å²) >= 11 is 0. The van der Waals surface area contributed by atoms with Crippen LogP contribution in [0.5, 0.6) is 0 Å². The molecule has 0 radical (unpaired) electrons. The maximum atomic E-state index is 13.4. The molecule has 5 aliphatic rings. The number of rotatable bonds is 8. The quantitative estimate of drug-likeness (QED) is 0.578. The standard InChI is InChI=1S/C25H39N5O4S/c31-25(23-16-24(34-27-23)18-4-5-18)26-19-14-20-6-7-21(15-19)30(20)35(32,33)13-12-28-11-8-22(17-28)29-9-2-1-3-10-29/h16,18-22H,1-15,17H2,(H,26,31)/t19?,20-,21+,22?. The van der Waals surface area contributed by atoms with Crippen molar-refractivity contribution in [2.45, 2.75) is 94.3 Å². The number of carbonyl (C=O) groups is 1. The Hall–Kier alpha value is -1.49. The van der Waals surface area contributed by atoms with E-state index in [1.165, 1.54) is 32.4 Å². The van der Waals surface area contributed by atoms with Crippen LogP contribution in [0, 0.1) is 0 Å². The summed E-state index contributed by atoms with van der Waals surface area (Å²) < 4.78 is 33.9. The zero-order chi connectivity index (χ0) is 24.0. The van der Waals surface area contributed by atoms with Crippen LogP contribution in [0.25, 0.3) is 0 Å². The second kappa shape index (κ2) is 9.76. The van der Waals surface area contributed by atoms with E-state index >= 15 is 0 Å². The summed E-state index contributed by atoms with van der Waals surface area (Å²) in [5.41, 5.74) is 0.336. The Balaban J connectivity index is 1.00. The summed E-state index contributed by atoms with van der Waals surface area (Å²) in [6, 6.07) is 2.32. The van der Waals surface area contributed by atoms with Crippen LogP contribution in [0.3, 0.4) is 0 Å².